The molecule has 0 aromatic heterocycles. The zero-order chi connectivity index (χ0) is 11.4. The Balaban J connectivity index is 2.53. The summed E-state index contributed by atoms with van der Waals surface area (Å²) in [4.78, 5) is 11.8. The van der Waals surface area contributed by atoms with E-state index >= 15 is 0 Å². The Bertz CT molecular complexity index is 524. The highest BCUT2D eigenvalue weighted by atomic mass is 16.3. The van der Waals surface area contributed by atoms with Gasteiger partial charge >= 0.3 is 0 Å². The zero-order valence-electron chi connectivity index (χ0n) is 8.71. The summed E-state index contributed by atoms with van der Waals surface area (Å²) in [5.41, 5.74) is 0.514. The highest BCUT2D eigenvalue weighted by molar-refractivity contribution is 5.35. The van der Waals surface area contributed by atoms with E-state index < -0.39 is 0 Å². The van der Waals surface area contributed by atoms with Crippen molar-refractivity contribution >= 4 is 0 Å². The van der Waals surface area contributed by atoms with Crippen LogP contribution in [0.3, 0.4) is 0 Å². The van der Waals surface area contributed by atoms with Gasteiger partial charge in [-0.1, -0.05) is 48.6 Å². The van der Waals surface area contributed by atoms with Crippen molar-refractivity contribution in [3.63, 3.8) is 0 Å². The first-order valence-electron chi connectivity index (χ1n) is 5.12. The quantitative estimate of drug-likeness (QED) is 0.777. The first-order valence-corrected chi connectivity index (χ1v) is 5.12. The van der Waals surface area contributed by atoms with Gasteiger partial charge in [0.05, 0.1) is 5.92 Å². The summed E-state index contributed by atoms with van der Waals surface area (Å²) in [6.45, 7) is 0. The molecule has 80 valence electrons. The fourth-order valence-electron chi connectivity index (χ4n) is 1.66. The van der Waals surface area contributed by atoms with E-state index in [2.05, 4.69) is 0 Å². The molecule has 0 heterocycles. The van der Waals surface area contributed by atoms with Crippen LogP contribution in [-0.2, 0) is 0 Å². The van der Waals surface area contributed by atoms with E-state index in [1.54, 1.807) is 36.4 Å². The monoisotopic (exact) mass is 212 g/mol. The molecule has 1 atom stereocenters. The van der Waals surface area contributed by atoms with Crippen molar-refractivity contribution in [1.82, 2.24) is 0 Å². The van der Waals surface area contributed by atoms with E-state index in [-0.39, 0.29) is 17.1 Å². The predicted octanol–water partition coefficient (Wildman–Crippen LogP) is 2.70. The molecule has 2 heteroatoms. The largest absolute Gasteiger partial charge is 0.511 e. The Labute approximate surface area is 93.9 Å². The number of hydrogen-bond acceptors (Lipinski definition) is 2. The van der Waals surface area contributed by atoms with E-state index in [9.17, 15) is 9.90 Å². The molecule has 0 fully saturated rings. The van der Waals surface area contributed by atoms with Gasteiger partial charge in [-0.05, 0) is 12.1 Å². The topological polar surface area (TPSA) is 37.3 Å². The predicted molar refractivity (Wildman–Crippen MR) is 64.4 cm³/mol. The minimum absolute atomic E-state index is 0.0681. The number of aliphatic hydroxyl groups excluding tert-OH is 1. The molecule has 1 aromatic carbocycles. The molecule has 16 heavy (non-hydrogen) atoms. The zero-order valence-corrected chi connectivity index (χ0v) is 8.71. The lowest BCUT2D eigenvalue weighted by Crippen LogP contribution is -2.10. The van der Waals surface area contributed by atoms with Gasteiger partial charge in [-0.25, -0.2) is 0 Å². The number of aliphatic hydroxyl groups is 1. The van der Waals surface area contributed by atoms with E-state index in [1.807, 2.05) is 18.2 Å². The van der Waals surface area contributed by atoms with Gasteiger partial charge in [-0.3, -0.25) is 4.79 Å². The first kappa shape index (κ1) is 10.4. The molecule has 1 aliphatic rings. The molecule has 0 aliphatic heterocycles. The van der Waals surface area contributed by atoms with Gasteiger partial charge in [0, 0.05) is 5.56 Å². The first-order chi connectivity index (χ1) is 7.79. The Morgan fingerprint density at radius 3 is 2.69 bits per heavy atom. The molecule has 0 spiro atoms. The van der Waals surface area contributed by atoms with Crippen LogP contribution in [0.1, 0.15) is 11.5 Å². The molecule has 0 bridgehead atoms. The van der Waals surface area contributed by atoms with Crippen molar-refractivity contribution < 1.29 is 5.11 Å². The second kappa shape index (κ2) is 4.62. The highest BCUT2D eigenvalue weighted by Gasteiger charge is 2.15. The minimum Gasteiger partial charge on any atom is -0.511 e. The smallest absolute Gasteiger partial charge is 0.182 e. The van der Waals surface area contributed by atoms with Crippen LogP contribution in [-0.4, -0.2) is 5.11 Å². The average Bonchev–Trinajstić information content (AvgIpc) is 2.59. The minimum atomic E-state index is -0.352. The molecule has 0 saturated carbocycles. The van der Waals surface area contributed by atoms with Gasteiger partial charge in [-0.2, -0.15) is 0 Å². The maximum atomic E-state index is 11.8. The summed E-state index contributed by atoms with van der Waals surface area (Å²) in [5.74, 6) is -0.164. The molecule has 0 radical (unpaired) electrons. The molecule has 1 N–H and O–H groups in total. The molecule has 0 amide bonds. The number of allylic oxidation sites excluding steroid dienone is 5. The van der Waals surface area contributed by atoms with Gasteiger partial charge in [0.2, 0.25) is 0 Å². The Morgan fingerprint density at radius 2 is 1.81 bits per heavy atom. The molecule has 1 aromatic rings. The maximum absolute atomic E-state index is 11.8. The molecular formula is C14H12O2. The Kier molecular flexibility index (Phi) is 3.01. The van der Waals surface area contributed by atoms with Crippen molar-refractivity contribution in [3.8, 4) is 0 Å². The summed E-state index contributed by atoms with van der Waals surface area (Å²) in [7, 11) is 0. The fraction of sp³-hybridized carbons (Fsp3) is 0.0714. The van der Waals surface area contributed by atoms with Gasteiger partial charge in [0.25, 0.3) is 0 Å². The SMILES string of the molecule is O=c1cccccc1C1C=CC=CC=C1O. The lowest BCUT2D eigenvalue weighted by Gasteiger charge is -2.09. The van der Waals surface area contributed by atoms with Crippen LogP contribution < -0.4 is 5.43 Å². The standard InChI is InChI=1S/C14H12O2/c15-13-9-5-1-3-7-11(13)12-8-4-2-6-10-14(12)16/h1-11,15H. The van der Waals surface area contributed by atoms with E-state index in [4.69, 9.17) is 0 Å². The summed E-state index contributed by atoms with van der Waals surface area (Å²) < 4.78 is 0. The third-order valence-electron chi connectivity index (χ3n) is 2.48. The van der Waals surface area contributed by atoms with Crippen LogP contribution >= 0.6 is 0 Å². The summed E-state index contributed by atoms with van der Waals surface area (Å²) in [6.07, 6.45) is 8.82. The van der Waals surface area contributed by atoms with Gasteiger partial charge in [-0.15, -0.1) is 0 Å². The van der Waals surface area contributed by atoms with Crippen molar-refractivity contribution in [2.75, 3.05) is 0 Å². The second-order valence-corrected chi connectivity index (χ2v) is 3.57. The van der Waals surface area contributed by atoms with Crippen molar-refractivity contribution in [1.29, 1.82) is 0 Å². The number of rotatable bonds is 1. The number of hydrogen-bond donors (Lipinski definition) is 1. The van der Waals surface area contributed by atoms with E-state index in [0.29, 0.717) is 5.56 Å². The Morgan fingerprint density at radius 1 is 1.00 bits per heavy atom. The third-order valence-corrected chi connectivity index (χ3v) is 2.48. The normalized spacial score (nSPS) is 19.0. The van der Waals surface area contributed by atoms with Crippen molar-refractivity contribution in [2.24, 2.45) is 0 Å². The van der Waals surface area contributed by atoms with E-state index in [0.717, 1.165) is 0 Å². The molecule has 2 nitrogen and oxygen atoms in total. The second-order valence-electron chi connectivity index (χ2n) is 3.57. The maximum Gasteiger partial charge on any atom is 0.182 e. The molecular weight excluding hydrogens is 200 g/mol. The van der Waals surface area contributed by atoms with Crippen molar-refractivity contribution in [2.45, 2.75) is 5.92 Å². The molecule has 1 unspecified atom stereocenters. The van der Waals surface area contributed by atoms with E-state index in [1.165, 1.54) is 6.07 Å². The van der Waals surface area contributed by atoms with Crippen LogP contribution in [0.25, 0.3) is 0 Å². The Hall–Kier alpha value is -2.09. The van der Waals surface area contributed by atoms with Crippen LogP contribution in [0.4, 0.5) is 0 Å². The summed E-state index contributed by atoms with van der Waals surface area (Å²) >= 11 is 0. The lowest BCUT2D eigenvalue weighted by atomic mass is 9.98. The lowest BCUT2D eigenvalue weighted by molar-refractivity contribution is 0.384. The summed E-state index contributed by atoms with van der Waals surface area (Å²) in [6, 6.07) is 8.55. The highest BCUT2D eigenvalue weighted by Crippen LogP contribution is 2.22. The van der Waals surface area contributed by atoms with Crippen molar-refractivity contribution in [3.05, 3.63) is 82.3 Å². The van der Waals surface area contributed by atoms with Crippen LogP contribution in [0.5, 0.6) is 0 Å². The van der Waals surface area contributed by atoms with Crippen LogP contribution in [0.2, 0.25) is 0 Å². The average molecular weight is 212 g/mol. The van der Waals surface area contributed by atoms with Crippen LogP contribution in [0.15, 0.2) is 71.3 Å². The molecule has 2 rings (SSSR count). The molecule has 1 aliphatic carbocycles. The molecule has 0 saturated heterocycles. The summed E-state index contributed by atoms with van der Waals surface area (Å²) in [5, 5.41) is 9.83. The third kappa shape index (κ3) is 2.11. The van der Waals surface area contributed by atoms with Crippen LogP contribution in [0, 0.1) is 0 Å². The fourth-order valence-corrected chi connectivity index (χ4v) is 1.66. The van der Waals surface area contributed by atoms with Gasteiger partial charge in [0.1, 0.15) is 5.76 Å². The van der Waals surface area contributed by atoms with Gasteiger partial charge < -0.3 is 5.11 Å². The van der Waals surface area contributed by atoms with Gasteiger partial charge in [0.15, 0.2) is 5.43 Å².